The van der Waals surface area contributed by atoms with Crippen molar-refractivity contribution < 1.29 is 9.53 Å². The van der Waals surface area contributed by atoms with Crippen LogP contribution < -0.4 is 0 Å². The van der Waals surface area contributed by atoms with Crippen molar-refractivity contribution in [2.75, 3.05) is 45.9 Å². The first-order chi connectivity index (χ1) is 10.7. The second kappa shape index (κ2) is 12.9. The Morgan fingerprint density at radius 1 is 1.09 bits per heavy atom. The molecule has 22 heavy (non-hydrogen) atoms. The molecule has 0 unspecified atom stereocenters. The third kappa shape index (κ3) is 7.59. The SMILES string of the molecule is CC.CC.CCOCC1CN(C(=O)CN2CCC(C)CC2)C1. The molecule has 0 radical (unpaired) electrons. The summed E-state index contributed by atoms with van der Waals surface area (Å²) in [5.74, 6) is 1.70. The van der Waals surface area contributed by atoms with E-state index in [0.717, 1.165) is 45.3 Å². The fraction of sp³-hybridized carbons (Fsp3) is 0.944. The van der Waals surface area contributed by atoms with Crippen molar-refractivity contribution in [2.45, 2.75) is 54.4 Å². The first-order valence-corrected chi connectivity index (χ1v) is 9.27. The van der Waals surface area contributed by atoms with Crippen molar-refractivity contribution in [2.24, 2.45) is 11.8 Å². The average molecular weight is 315 g/mol. The molecule has 4 nitrogen and oxygen atoms in total. The number of amides is 1. The number of nitrogens with zero attached hydrogens (tertiary/aromatic N) is 2. The van der Waals surface area contributed by atoms with E-state index < -0.39 is 0 Å². The summed E-state index contributed by atoms with van der Waals surface area (Å²) in [4.78, 5) is 16.3. The first-order valence-electron chi connectivity index (χ1n) is 9.27. The molecule has 2 fully saturated rings. The number of ether oxygens (including phenoxy) is 1. The van der Waals surface area contributed by atoms with Crippen LogP contribution in [-0.2, 0) is 9.53 Å². The zero-order chi connectivity index (χ0) is 17.0. The van der Waals surface area contributed by atoms with Gasteiger partial charge >= 0.3 is 0 Å². The molecule has 0 aliphatic carbocycles. The van der Waals surface area contributed by atoms with E-state index in [1.807, 2.05) is 39.5 Å². The number of carbonyl (C=O) groups is 1. The molecule has 0 atom stereocenters. The van der Waals surface area contributed by atoms with Crippen LogP contribution in [0, 0.1) is 11.8 Å². The van der Waals surface area contributed by atoms with Crippen LogP contribution in [0.4, 0.5) is 0 Å². The summed E-state index contributed by atoms with van der Waals surface area (Å²) >= 11 is 0. The van der Waals surface area contributed by atoms with Crippen LogP contribution in [0.15, 0.2) is 0 Å². The maximum atomic E-state index is 12.0. The molecular weight excluding hydrogens is 276 g/mol. The van der Waals surface area contributed by atoms with Gasteiger partial charge < -0.3 is 9.64 Å². The highest BCUT2D eigenvalue weighted by Gasteiger charge is 2.31. The predicted molar refractivity (Wildman–Crippen MR) is 94.1 cm³/mol. The van der Waals surface area contributed by atoms with Crippen molar-refractivity contribution in [1.82, 2.24) is 9.80 Å². The molecule has 0 aromatic carbocycles. The van der Waals surface area contributed by atoms with Gasteiger partial charge in [-0.2, -0.15) is 0 Å². The molecule has 0 spiro atoms. The van der Waals surface area contributed by atoms with Crippen molar-refractivity contribution in [3.05, 3.63) is 0 Å². The number of hydrogen-bond donors (Lipinski definition) is 0. The molecule has 0 bridgehead atoms. The van der Waals surface area contributed by atoms with Gasteiger partial charge in [-0.3, -0.25) is 9.69 Å². The van der Waals surface area contributed by atoms with Gasteiger partial charge in [0.15, 0.2) is 0 Å². The van der Waals surface area contributed by atoms with Gasteiger partial charge in [0.1, 0.15) is 0 Å². The second-order valence-electron chi connectivity index (χ2n) is 5.78. The van der Waals surface area contributed by atoms with Crippen LogP contribution in [0.3, 0.4) is 0 Å². The van der Waals surface area contributed by atoms with Gasteiger partial charge in [0.25, 0.3) is 0 Å². The van der Waals surface area contributed by atoms with Crippen molar-refractivity contribution >= 4 is 5.91 Å². The van der Waals surface area contributed by atoms with Crippen molar-refractivity contribution in [3.8, 4) is 0 Å². The first kappa shape index (κ1) is 21.4. The van der Waals surface area contributed by atoms with Crippen LogP contribution >= 0.6 is 0 Å². The molecule has 2 saturated heterocycles. The third-order valence-electron chi connectivity index (χ3n) is 4.10. The third-order valence-corrected chi connectivity index (χ3v) is 4.10. The van der Waals surface area contributed by atoms with E-state index in [2.05, 4.69) is 11.8 Å². The minimum absolute atomic E-state index is 0.303. The van der Waals surface area contributed by atoms with Crippen LogP contribution in [-0.4, -0.2) is 61.6 Å². The van der Waals surface area contributed by atoms with Crippen molar-refractivity contribution in [1.29, 1.82) is 0 Å². The molecule has 2 aliphatic heterocycles. The lowest BCUT2D eigenvalue weighted by Gasteiger charge is -2.40. The number of hydrogen-bond acceptors (Lipinski definition) is 3. The molecule has 0 saturated carbocycles. The van der Waals surface area contributed by atoms with E-state index in [1.165, 1.54) is 12.8 Å². The largest absolute Gasteiger partial charge is 0.381 e. The lowest BCUT2D eigenvalue weighted by molar-refractivity contribution is -0.140. The van der Waals surface area contributed by atoms with Crippen LogP contribution in [0.5, 0.6) is 0 Å². The summed E-state index contributed by atoms with van der Waals surface area (Å²) in [7, 11) is 0. The van der Waals surface area contributed by atoms with Gasteiger partial charge in [-0.25, -0.2) is 0 Å². The van der Waals surface area contributed by atoms with E-state index in [1.54, 1.807) is 0 Å². The summed E-state index contributed by atoms with van der Waals surface area (Å²) in [6.07, 6.45) is 2.47. The molecule has 0 aromatic heterocycles. The molecule has 0 aromatic rings. The van der Waals surface area contributed by atoms with Crippen LogP contribution in [0.25, 0.3) is 0 Å². The minimum atomic E-state index is 0.303. The Balaban J connectivity index is 0.00000102. The fourth-order valence-corrected chi connectivity index (χ4v) is 2.67. The highest BCUT2D eigenvalue weighted by atomic mass is 16.5. The number of likely N-dealkylation sites (tertiary alicyclic amines) is 2. The molecule has 2 aliphatic rings. The lowest BCUT2D eigenvalue weighted by Crippen LogP contribution is -2.54. The van der Waals surface area contributed by atoms with Crippen LogP contribution in [0.2, 0.25) is 0 Å². The Hall–Kier alpha value is -0.610. The van der Waals surface area contributed by atoms with Gasteiger partial charge in [-0.15, -0.1) is 0 Å². The summed E-state index contributed by atoms with van der Waals surface area (Å²) in [5, 5.41) is 0. The number of carbonyl (C=O) groups excluding carboxylic acids is 1. The lowest BCUT2D eigenvalue weighted by atomic mass is 9.98. The molecule has 0 N–H and O–H groups in total. The number of rotatable bonds is 5. The van der Waals surface area contributed by atoms with E-state index in [9.17, 15) is 4.79 Å². The van der Waals surface area contributed by atoms with E-state index in [4.69, 9.17) is 4.74 Å². The molecule has 1 amide bonds. The maximum Gasteiger partial charge on any atom is 0.236 e. The summed E-state index contributed by atoms with van der Waals surface area (Å²) in [6, 6.07) is 0. The van der Waals surface area contributed by atoms with E-state index >= 15 is 0 Å². The Morgan fingerprint density at radius 3 is 2.14 bits per heavy atom. The fourth-order valence-electron chi connectivity index (χ4n) is 2.67. The zero-order valence-corrected chi connectivity index (χ0v) is 15.7. The minimum Gasteiger partial charge on any atom is -0.381 e. The van der Waals surface area contributed by atoms with Gasteiger partial charge in [0.2, 0.25) is 5.91 Å². The zero-order valence-electron chi connectivity index (χ0n) is 15.7. The molecule has 2 rings (SSSR count). The van der Waals surface area contributed by atoms with Crippen molar-refractivity contribution in [3.63, 3.8) is 0 Å². The monoisotopic (exact) mass is 314 g/mol. The molecular formula is C18H38N2O2. The van der Waals surface area contributed by atoms with E-state index in [0.29, 0.717) is 18.4 Å². The predicted octanol–water partition coefficient (Wildman–Crippen LogP) is 3.27. The highest BCUT2D eigenvalue weighted by Crippen LogP contribution is 2.19. The number of piperidine rings is 1. The Morgan fingerprint density at radius 2 is 1.64 bits per heavy atom. The second-order valence-corrected chi connectivity index (χ2v) is 5.78. The summed E-state index contributed by atoms with van der Waals surface area (Å²) in [6.45, 7) is 18.5. The van der Waals surface area contributed by atoms with Gasteiger partial charge in [0, 0.05) is 25.6 Å². The smallest absolute Gasteiger partial charge is 0.236 e. The van der Waals surface area contributed by atoms with Crippen LogP contribution in [0.1, 0.15) is 54.4 Å². The molecule has 4 heteroatoms. The Kier molecular flexibility index (Phi) is 12.5. The molecule has 132 valence electrons. The van der Waals surface area contributed by atoms with Gasteiger partial charge in [-0.1, -0.05) is 34.6 Å². The highest BCUT2D eigenvalue weighted by molar-refractivity contribution is 5.79. The Labute approximate surface area is 138 Å². The van der Waals surface area contributed by atoms with Gasteiger partial charge in [0.05, 0.1) is 13.2 Å². The normalized spacial score (nSPS) is 19.5. The quantitative estimate of drug-likeness (QED) is 0.781. The summed E-state index contributed by atoms with van der Waals surface area (Å²) in [5.41, 5.74) is 0. The average Bonchev–Trinajstić information content (AvgIpc) is 2.52. The molecule has 2 heterocycles. The Bertz CT molecular complexity index is 270. The maximum absolute atomic E-state index is 12.0. The topological polar surface area (TPSA) is 32.8 Å². The standard InChI is InChI=1S/C14H26N2O2.2C2H6/c1-3-18-11-13-8-16(9-13)14(17)10-15-6-4-12(2)5-7-15;2*1-2/h12-13H,3-11H2,1-2H3;2*1-2H3. The summed E-state index contributed by atoms with van der Waals surface area (Å²) < 4.78 is 5.38. The van der Waals surface area contributed by atoms with E-state index in [-0.39, 0.29) is 0 Å². The van der Waals surface area contributed by atoms with Gasteiger partial charge in [-0.05, 0) is 38.8 Å².